The SMILES string of the molecule is Cc1cc(C)cc(C(=O)c2cccc(F)c2)c1. The summed E-state index contributed by atoms with van der Waals surface area (Å²) in [5.74, 6) is -0.531. The van der Waals surface area contributed by atoms with Gasteiger partial charge in [0.25, 0.3) is 0 Å². The van der Waals surface area contributed by atoms with Crippen LogP contribution in [0.2, 0.25) is 0 Å². The molecule has 0 aromatic heterocycles. The predicted molar refractivity (Wildman–Crippen MR) is 65.7 cm³/mol. The molecule has 2 aromatic carbocycles. The minimum Gasteiger partial charge on any atom is -0.289 e. The summed E-state index contributed by atoms with van der Waals surface area (Å²) in [6.07, 6.45) is 0. The summed E-state index contributed by atoms with van der Waals surface area (Å²) in [4.78, 5) is 12.1. The average molecular weight is 228 g/mol. The molecule has 2 rings (SSSR count). The van der Waals surface area contributed by atoms with Gasteiger partial charge < -0.3 is 0 Å². The van der Waals surface area contributed by atoms with Crippen LogP contribution in [0.3, 0.4) is 0 Å². The minimum absolute atomic E-state index is 0.142. The lowest BCUT2D eigenvalue weighted by Crippen LogP contribution is -2.02. The lowest BCUT2D eigenvalue weighted by atomic mass is 9.99. The van der Waals surface area contributed by atoms with E-state index in [1.165, 1.54) is 12.1 Å². The van der Waals surface area contributed by atoms with Crippen LogP contribution >= 0.6 is 0 Å². The second-order valence-corrected chi connectivity index (χ2v) is 4.22. The zero-order chi connectivity index (χ0) is 12.4. The van der Waals surface area contributed by atoms with E-state index in [9.17, 15) is 9.18 Å². The van der Waals surface area contributed by atoms with Crippen molar-refractivity contribution in [3.8, 4) is 0 Å². The van der Waals surface area contributed by atoms with Crippen LogP contribution in [-0.4, -0.2) is 5.78 Å². The Balaban J connectivity index is 2.43. The van der Waals surface area contributed by atoms with Crippen LogP contribution in [0.15, 0.2) is 42.5 Å². The van der Waals surface area contributed by atoms with Crippen molar-refractivity contribution in [2.45, 2.75) is 13.8 Å². The van der Waals surface area contributed by atoms with E-state index in [0.717, 1.165) is 11.1 Å². The molecule has 0 unspecified atom stereocenters. The fraction of sp³-hybridized carbons (Fsp3) is 0.133. The number of ketones is 1. The molecular weight excluding hydrogens is 215 g/mol. The highest BCUT2D eigenvalue weighted by atomic mass is 19.1. The van der Waals surface area contributed by atoms with Gasteiger partial charge in [-0.25, -0.2) is 4.39 Å². The minimum atomic E-state index is -0.389. The maximum atomic E-state index is 13.0. The van der Waals surface area contributed by atoms with Gasteiger partial charge >= 0.3 is 0 Å². The van der Waals surface area contributed by atoms with E-state index in [1.54, 1.807) is 12.1 Å². The van der Waals surface area contributed by atoms with Crippen LogP contribution < -0.4 is 0 Å². The highest BCUT2D eigenvalue weighted by Gasteiger charge is 2.10. The number of hydrogen-bond donors (Lipinski definition) is 0. The average Bonchev–Trinajstić information content (AvgIpc) is 2.26. The predicted octanol–water partition coefficient (Wildman–Crippen LogP) is 3.67. The molecule has 0 N–H and O–H groups in total. The Labute approximate surface area is 99.9 Å². The summed E-state index contributed by atoms with van der Waals surface area (Å²) in [7, 11) is 0. The molecular formula is C15H13FO. The fourth-order valence-electron chi connectivity index (χ4n) is 1.90. The molecule has 2 aromatic rings. The van der Waals surface area contributed by atoms with Gasteiger partial charge in [-0.2, -0.15) is 0 Å². The number of carbonyl (C=O) groups is 1. The van der Waals surface area contributed by atoms with E-state index in [1.807, 2.05) is 32.0 Å². The molecule has 2 heteroatoms. The third-order valence-corrected chi connectivity index (χ3v) is 2.57. The maximum absolute atomic E-state index is 13.0. The summed E-state index contributed by atoms with van der Waals surface area (Å²) in [5, 5.41) is 0. The summed E-state index contributed by atoms with van der Waals surface area (Å²) in [5.41, 5.74) is 3.05. The van der Waals surface area contributed by atoms with Crippen LogP contribution in [0, 0.1) is 19.7 Å². The Morgan fingerprint density at radius 2 is 1.59 bits per heavy atom. The number of aryl methyl sites for hydroxylation is 2. The van der Waals surface area contributed by atoms with E-state index in [0.29, 0.717) is 11.1 Å². The molecule has 0 aliphatic carbocycles. The highest BCUT2D eigenvalue weighted by molar-refractivity contribution is 6.09. The molecule has 0 amide bonds. The topological polar surface area (TPSA) is 17.1 Å². The maximum Gasteiger partial charge on any atom is 0.193 e. The molecule has 17 heavy (non-hydrogen) atoms. The molecule has 1 nitrogen and oxygen atoms in total. The van der Waals surface area contributed by atoms with Crippen molar-refractivity contribution in [3.05, 3.63) is 70.5 Å². The van der Waals surface area contributed by atoms with Gasteiger partial charge in [-0.3, -0.25) is 4.79 Å². The zero-order valence-electron chi connectivity index (χ0n) is 9.83. The van der Waals surface area contributed by atoms with Crippen molar-refractivity contribution in [3.63, 3.8) is 0 Å². The zero-order valence-corrected chi connectivity index (χ0v) is 9.83. The molecule has 0 heterocycles. The van der Waals surface area contributed by atoms with Gasteiger partial charge in [0.2, 0.25) is 0 Å². The van der Waals surface area contributed by atoms with Crippen LogP contribution in [0.1, 0.15) is 27.0 Å². The summed E-state index contributed by atoms with van der Waals surface area (Å²) < 4.78 is 13.0. The Morgan fingerprint density at radius 3 is 2.18 bits per heavy atom. The molecule has 0 spiro atoms. The second-order valence-electron chi connectivity index (χ2n) is 4.22. The molecule has 0 aliphatic heterocycles. The van der Waals surface area contributed by atoms with Crippen molar-refractivity contribution in [2.75, 3.05) is 0 Å². The van der Waals surface area contributed by atoms with E-state index in [2.05, 4.69) is 0 Å². The van der Waals surface area contributed by atoms with Crippen molar-refractivity contribution < 1.29 is 9.18 Å². The first kappa shape index (κ1) is 11.5. The van der Waals surface area contributed by atoms with Gasteiger partial charge in [0, 0.05) is 11.1 Å². The number of hydrogen-bond acceptors (Lipinski definition) is 1. The molecule has 0 saturated carbocycles. The lowest BCUT2D eigenvalue weighted by molar-refractivity contribution is 0.103. The lowest BCUT2D eigenvalue weighted by Gasteiger charge is -2.04. The van der Waals surface area contributed by atoms with Crippen LogP contribution in [-0.2, 0) is 0 Å². The molecule has 0 saturated heterocycles. The first-order valence-corrected chi connectivity index (χ1v) is 5.45. The van der Waals surface area contributed by atoms with Crippen molar-refractivity contribution >= 4 is 5.78 Å². The van der Waals surface area contributed by atoms with E-state index < -0.39 is 0 Å². The Kier molecular flexibility index (Phi) is 3.05. The quantitative estimate of drug-likeness (QED) is 0.717. The largest absolute Gasteiger partial charge is 0.289 e. The van der Waals surface area contributed by atoms with E-state index in [4.69, 9.17) is 0 Å². The molecule has 86 valence electrons. The van der Waals surface area contributed by atoms with Crippen molar-refractivity contribution in [1.29, 1.82) is 0 Å². The van der Waals surface area contributed by atoms with Gasteiger partial charge in [-0.15, -0.1) is 0 Å². The second kappa shape index (κ2) is 4.50. The Hall–Kier alpha value is -1.96. The highest BCUT2D eigenvalue weighted by Crippen LogP contribution is 2.14. The van der Waals surface area contributed by atoms with Crippen molar-refractivity contribution in [1.82, 2.24) is 0 Å². The Bertz CT molecular complexity index is 553. The van der Waals surface area contributed by atoms with Crippen molar-refractivity contribution in [2.24, 2.45) is 0 Å². The van der Waals surface area contributed by atoms with Gasteiger partial charge in [-0.05, 0) is 38.1 Å². The van der Waals surface area contributed by atoms with Crippen LogP contribution in [0.4, 0.5) is 4.39 Å². The van der Waals surface area contributed by atoms with Gasteiger partial charge in [0.05, 0.1) is 0 Å². The normalized spacial score (nSPS) is 10.3. The summed E-state index contributed by atoms with van der Waals surface area (Å²) in [6, 6.07) is 11.4. The molecule has 0 atom stereocenters. The van der Waals surface area contributed by atoms with Gasteiger partial charge in [0.1, 0.15) is 5.82 Å². The first-order valence-electron chi connectivity index (χ1n) is 5.45. The summed E-state index contributed by atoms with van der Waals surface area (Å²) >= 11 is 0. The van der Waals surface area contributed by atoms with Gasteiger partial charge in [-0.1, -0.05) is 29.3 Å². The van der Waals surface area contributed by atoms with Gasteiger partial charge in [0.15, 0.2) is 5.78 Å². The van der Waals surface area contributed by atoms with Crippen LogP contribution in [0.25, 0.3) is 0 Å². The van der Waals surface area contributed by atoms with Crippen LogP contribution in [0.5, 0.6) is 0 Å². The first-order chi connectivity index (χ1) is 8.06. The van der Waals surface area contributed by atoms with E-state index in [-0.39, 0.29) is 11.6 Å². The molecule has 0 aliphatic rings. The van der Waals surface area contributed by atoms with E-state index >= 15 is 0 Å². The third kappa shape index (κ3) is 2.59. The Morgan fingerprint density at radius 1 is 0.941 bits per heavy atom. The monoisotopic (exact) mass is 228 g/mol. The number of rotatable bonds is 2. The molecule has 0 fully saturated rings. The fourth-order valence-corrected chi connectivity index (χ4v) is 1.90. The smallest absolute Gasteiger partial charge is 0.193 e. The standard InChI is InChI=1S/C15H13FO/c1-10-6-11(2)8-13(7-10)15(17)12-4-3-5-14(16)9-12/h3-9H,1-2H3. The number of carbonyl (C=O) groups excluding carboxylic acids is 1. The summed E-state index contributed by atoms with van der Waals surface area (Å²) in [6.45, 7) is 3.88. The number of halogens is 1. The third-order valence-electron chi connectivity index (χ3n) is 2.57. The molecule has 0 radical (unpaired) electrons. The molecule has 0 bridgehead atoms. The number of benzene rings is 2.